The molecule has 0 saturated carbocycles. The Kier molecular flexibility index (Phi) is 9.95. The minimum Gasteiger partial charge on any atom is -0.488 e. The van der Waals surface area contributed by atoms with E-state index in [0.717, 1.165) is 21.6 Å². The molecule has 17 nitrogen and oxygen atoms in total. The summed E-state index contributed by atoms with van der Waals surface area (Å²) in [5.41, 5.74) is 1.21. The van der Waals surface area contributed by atoms with E-state index in [2.05, 4.69) is 4.98 Å². The number of rotatable bonds is 17. The largest absolute Gasteiger partial charge is 0.488 e. The Labute approximate surface area is 258 Å². The lowest BCUT2D eigenvalue weighted by Gasteiger charge is -2.25. The van der Waals surface area contributed by atoms with Crippen molar-refractivity contribution in [2.24, 2.45) is 0 Å². The molecule has 0 aliphatic carbocycles. The summed E-state index contributed by atoms with van der Waals surface area (Å²) >= 11 is 0. The highest BCUT2D eigenvalue weighted by Crippen LogP contribution is 2.40. The lowest BCUT2D eigenvalue weighted by molar-refractivity contribution is -0.138. The number of carboxylic acid groups (broad SMARTS) is 5. The van der Waals surface area contributed by atoms with Gasteiger partial charge in [-0.3, -0.25) is 19.2 Å². The van der Waals surface area contributed by atoms with Crippen LogP contribution >= 0.6 is 0 Å². The summed E-state index contributed by atoms with van der Waals surface area (Å²) < 4.78 is 22.9. The summed E-state index contributed by atoms with van der Waals surface area (Å²) in [6, 6.07) is 9.01. The molecule has 46 heavy (non-hydrogen) atoms. The first kappa shape index (κ1) is 32.6. The van der Waals surface area contributed by atoms with E-state index in [1.807, 2.05) is 0 Å². The molecule has 2 aromatic carbocycles. The number of carbonyl (C=O) groups is 5. The fourth-order valence-electron chi connectivity index (χ4n) is 4.47. The normalized spacial score (nSPS) is 10.8. The van der Waals surface area contributed by atoms with Crippen LogP contribution in [0.1, 0.15) is 16.1 Å². The summed E-state index contributed by atoms with van der Waals surface area (Å²) in [7, 11) is 0. The number of carboxylic acids is 5. The van der Waals surface area contributed by atoms with Crippen LogP contribution in [0.25, 0.3) is 22.6 Å². The SMILES string of the molecule is Cc1ccc(N(CC(=O)O)CC(=O)O)c(OCCOc2c(N(CC(=O)O)CC(=O)O)ccc3oc(-c4ncc(C(=O)O)o4)cc23)c1. The summed E-state index contributed by atoms with van der Waals surface area (Å²) in [5.74, 6) is -6.93. The predicted octanol–water partition coefficient (Wildman–Crippen LogP) is 2.50. The first-order valence-electron chi connectivity index (χ1n) is 13.3. The minimum atomic E-state index is -1.36. The maximum Gasteiger partial charge on any atom is 0.373 e. The number of ether oxygens (including phenoxy) is 2. The Bertz CT molecular complexity index is 1760. The van der Waals surface area contributed by atoms with Crippen LogP contribution in [0.3, 0.4) is 0 Å². The number of hydrogen-bond acceptors (Lipinski definition) is 12. The highest BCUT2D eigenvalue weighted by atomic mass is 16.5. The number of aliphatic carboxylic acids is 4. The molecule has 0 spiro atoms. The predicted molar refractivity (Wildman–Crippen MR) is 156 cm³/mol. The van der Waals surface area contributed by atoms with Gasteiger partial charge < -0.3 is 53.6 Å². The van der Waals surface area contributed by atoms with Crippen LogP contribution in [0.5, 0.6) is 11.5 Å². The van der Waals surface area contributed by atoms with Crippen molar-refractivity contribution >= 4 is 52.2 Å². The molecule has 0 saturated heterocycles. The first-order valence-corrected chi connectivity index (χ1v) is 13.3. The quantitative estimate of drug-likeness (QED) is 0.104. The number of anilines is 2. The van der Waals surface area contributed by atoms with E-state index >= 15 is 0 Å². The summed E-state index contributed by atoms with van der Waals surface area (Å²) in [5, 5.41) is 46.9. The van der Waals surface area contributed by atoms with Gasteiger partial charge in [-0.25, -0.2) is 9.78 Å². The summed E-state index contributed by atoms with van der Waals surface area (Å²) in [4.78, 5) is 63.3. The van der Waals surface area contributed by atoms with Crippen LogP contribution in [0.2, 0.25) is 0 Å². The standard InChI is InChI=1S/C29H27N3O14/c1-15-2-3-17(31(11-23(33)34)12-24(35)36)20(8-15)43-6-7-44-27-16-9-21(28-30-10-22(46-28)29(41)42)45-19(16)5-4-18(27)32(13-25(37)38)14-26(39)40/h2-5,8-10H,6-7,11-14H2,1H3,(H,33,34)(H,35,36)(H,37,38)(H,39,40)(H,41,42). The van der Waals surface area contributed by atoms with E-state index in [1.165, 1.54) is 24.3 Å². The van der Waals surface area contributed by atoms with Crippen molar-refractivity contribution in [3.63, 3.8) is 0 Å². The van der Waals surface area contributed by atoms with Crippen molar-refractivity contribution in [2.75, 3.05) is 49.2 Å². The fourth-order valence-corrected chi connectivity index (χ4v) is 4.47. The van der Waals surface area contributed by atoms with Crippen molar-refractivity contribution in [1.29, 1.82) is 0 Å². The number of benzene rings is 2. The van der Waals surface area contributed by atoms with E-state index < -0.39 is 61.8 Å². The van der Waals surface area contributed by atoms with Crippen molar-refractivity contribution in [3.8, 4) is 23.1 Å². The van der Waals surface area contributed by atoms with Crippen molar-refractivity contribution < 1.29 is 67.8 Å². The lowest BCUT2D eigenvalue weighted by atomic mass is 10.1. The topological polar surface area (TPSA) is 251 Å². The Morgan fingerprint density at radius 3 is 1.87 bits per heavy atom. The smallest absolute Gasteiger partial charge is 0.373 e. The van der Waals surface area contributed by atoms with Gasteiger partial charge in [0.05, 0.1) is 23.0 Å². The Morgan fingerprint density at radius 1 is 0.739 bits per heavy atom. The van der Waals surface area contributed by atoms with Gasteiger partial charge in [0.15, 0.2) is 11.5 Å². The Morgan fingerprint density at radius 2 is 1.30 bits per heavy atom. The third kappa shape index (κ3) is 8.01. The van der Waals surface area contributed by atoms with Gasteiger partial charge in [-0.05, 0) is 36.8 Å². The van der Waals surface area contributed by atoms with E-state index in [4.69, 9.17) is 23.4 Å². The molecular formula is C29H27N3O14. The van der Waals surface area contributed by atoms with Gasteiger partial charge in [0.2, 0.25) is 5.76 Å². The lowest BCUT2D eigenvalue weighted by Crippen LogP contribution is -2.35. The van der Waals surface area contributed by atoms with Crippen LogP contribution < -0.4 is 19.3 Å². The molecule has 0 radical (unpaired) electrons. The number of aryl methyl sites for hydroxylation is 1. The third-order valence-electron chi connectivity index (χ3n) is 6.25. The molecule has 5 N–H and O–H groups in total. The zero-order chi connectivity index (χ0) is 33.5. The summed E-state index contributed by atoms with van der Waals surface area (Å²) in [6.07, 6.45) is 0.986. The van der Waals surface area contributed by atoms with Crippen LogP contribution in [0, 0.1) is 6.92 Å². The van der Waals surface area contributed by atoms with Crippen LogP contribution in [-0.2, 0) is 19.2 Å². The number of aromatic nitrogens is 1. The van der Waals surface area contributed by atoms with E-state index in [9.17, 15) is 44.4 Å². The molecule has 0 amide bonds. The zero-order valence-corrected chi connectivity index (χ0v) is 24.0. The average Bonchev–Trinajstić information content (AvgIpc) is 3.62. The molecule has 0 unspecified atom stereocenters. The third-order valence-corrected chi connectivity index (χ3v) is 6.25. The highest BCUT2D eigenvalue weighted by Gasteiger charge is 2.24. The fraction of sp³-hybridized carbons (Fsp3) is 0.241. The van der Waals surface area contributed by atoms with Gasteiger partial charge in [-0.2, -0.15) is 0 Å². The molecule has 4 aromatic rings. The second kappa shape index (κ2) is 14.0. The van der Waals surface area contributed by atoms with E-state index in [-0.39, 0.29) is 58.7 Å². The first-order chi connectivity index (χ1) is 21.8. The molecule has 0 aliphatic heterocycles. The summed E-state index contributed by atoms with van der Waals surface area (Å²) in [6.45, 7) is -1.27. The average molecular weight is 642 g/mol. The molecule has 17 heteroatoms. The van der Waals surface area contributed by atoms with Crippen molar-refractivity contribution in [1.82, 2.24) is 4.98 Å². The number of fused-ring (bicyclic) bond motifs is 1. The van der Waals surface area contributed by atoms with Gasteiger partial charge in [-0.1, -0.05) is 6.07 Å². The molecule has 2 heterocycles. The zero-order valence-electron chi connectivity index (χ0n) is 24.0. The number of hydrogen-bond donors (Lipinski definition) is 5. The maximum atomic E-state index is 11.6. The molecule has 242 valence electrons. The molecule has 0 fully saturated rings. The number of nitrogens with zero attached hydrogens (tertiary/aromatic N) is 3. The maximum absolute atomic E-state index is 11.6. The molecule has 0 bridgehead atoms. The van der Waals surface area contributed by atoms with Crippen LogP contribution in [0.4, 0.5) is 11.4 Å². The second-order valence-corrected chi connectivity index (χ2v) is 9.73. The highest BCUT2D eigenvalue weighted by molar-refractivity contribution is 5.95. The second-order valence-electron chi connectivity index (χ2n) is 9.73. The molecule has 0 aliphatic rings. The van der Waals surface area contributed by atoms with Crippen molar-refractivity contribution in [2.45, 2.75) is 6.92 Å². The van der Waals surface area contributed by atoms with Gasteiger partial charge in [0.25, 0.3) is 5.89 Å². The minimum absolute atomic E-state index is 0.00474. The van der Waals surface area contributed by atoms with Crippen molar-refractivity contribution in [3.05, 3.63) is 53.9 Å². The van der Waals surface area contributed by atoms with E-state index in [1.54, 1.807) is 19.1 Å². The van der Waals surface area contributed by atoms with Crippen LogP contribution in [-0.4, -0.2) is 99.8 Å². The van der Waals surface area contributed by atoms with Gasteiger partial charge in [0.1, 0.15) is 50.7 Å². The monoisotopic (exact) mass is 641 g/mol. The molecule has 2 aromatic heterocycles. The Hall–Kier alpha value is -6.26. The number of oxazole rings is 1. The van der Waals surface area contributed by atoms with Gasteiger partial charge in [-0.15, -0.1) is 0 Å². The Balaban J connectivity index is 1.67. The van der Waals surface area contributed by atoms with Gasteiger partial charge >= 0.3 is 29.8 Å². The van der Waals surface area contributed by atoms with Gasteiger partial charge in [0, 0.05) is 6.07 Å². The van der Waals surface area contributed by atoms with Crippen LogP contribution in [0.15, 0.2) is 51.4 Å². The van der Waals surface area contributed by atoms with E-state index in [0.29, 0.717) is 0 Å². The number of aromatic carboxylic acids is 1. The molecular weight excluding hydrogens is 614 g/mol. The molecule has 0 atom stereocenters. The number of furan rings is 1. The molecule has 4 rings (SSSR count).